The van der Waals surface area contributed by atoms with Crippen LogP contribution in [0.2, 0.25) is 0 Å². The van der Waals surface area contributed by atoms with Gasteiger partial charge in [0.25, 0.3) is 0 Å². The Morgan fingerprint density at radius 3 is 2.00 bits per heavy atom. The smallest absolute Gasteiger partial charge is 0.238 e. The summed E-state index contributed by atoms with van der Waals surface area (Å²) in [5.41, 5.74) is 2.71. The van der Waals surface area contributed by atoms with E-state index in [1.54, 1.807) is 12.1 Å². The molecule has 1 unspecified atom stereocenters. The predicted octanol–water partition coefficient (Wildman–Crippen LogP) is 3.01. The molecule has 22 heavy (non-hydrogen) atoms. The van der Waals surface area contributed by atoms with Crippen LogP contribution >= 0.6 is 9.24 Å². The molecule has 0 amide bonds. The first-order valence-electron chi connectivity index (χ1n) is 6.54. The summed E-state index contributed by atoms with van der Waals surface area (Å²) in [5.74, 6) is 0. The summed E-state index contributed by atoms with van der Waals surface area (Å²) in [6.07, 6.45) is 0. The number of benzene rings is 2. The SMILES string of the molecule is CC(P)=C(C(=N)c1ccccc1)c1ccc(S(N)(=O)=O)cc1. The Bertz CT molecular complexity index is 822. The van der Waals surface area contributed by atoms with Crippen molar-refractivity contribution in [3.8, 4) is 0 Å². The maximum atomic E-state index is 11.3. The van der Waals surface area contributed by atoms with E-state index in [1.807, 2.05) is 37.3 Å². The van der Waals surface area contributed by atoms with E-state index < -0.39 is 10.0 Å². The Hall–Kier alpha value is -1.81. The molecule has 0 saturated carbocycles. The molecule has 0 aliphatic rings. The van der Waals surface area contributed by atoms with Crippen LogP contribution < -0.4 is 5.14 Å². The molecule has 0 aromatic heterocycles. The van der Waals surface area contributed by atoms with Crippen LogP contribution in [0.25, 0.3) is 5.57 Å². The second kappa shape index (κ2) is 6.53. The van der Waals surface area contributed by atoms with Crippen molar-refractivity contribution in [2.24, 2.45) is 5.14 Å². The van der Waals surface area contributed by atoms with Crippen LogP contribution in [-0.2, 0) is 10.0 Å². The Morgan fingerprint density at radius 1 is 1.00 bits per heavy atom. The van der Waals surface area contributed by atoms with Crippen LogP contribution in [0.1, 0.15) is 18.1 Å². The largest absolute Gasteiger partial charge is 0.300 e. The van der Waals surface area contributed by atoms with Gasteiger partial charge >= 0.3 is 0 Å². The van der Waals surface area contributed by atoms with Crippen molar-refractivity contribution in [3.63, 3.8) is 0 Å². The lowest BCUT2D eigenvalue weighted by atomic mass is 9.96. The molecule has 0 aliphatic heterocycles. The lowest BCUT2D eigenvalue weighted by Crippen LogP contribution is -2.12. The number of sulfonamides is 1. The summed E-state index contributed by atoms with van der Waals surface area (Å²) < 4.78 is 22.6. The molecule has 4 nitrogen and oxygen atoms in total. The van der Waals surface area contributed by atoms with Gasteiger partial charge in [-0.2, -0.15) is 0 Å². The van der Waals surface area contributed by atoms with Crippen LogP contribution in [0.4, 0.5) is 0 Å². The third kappa shape index (κ3) is 3.69. The standard InChI is InChI=1S/C16H17N2O2PS/c1-11(21)15(16(17)13-5-3-2-4-6-13)12-7-9-14(10-8-12)22(18,19)20/h2-10,17H,21H2,1H3,(H2,18,19,20). The highest BCUT2D eigenvalue weighted by atomic mass is 32.2. The molecule has 0 aliphatic carbocycles. The first-order chi connectivity index (χ1) is 10.3. The molecule has 2 aromatic carbocycles. The Kier molecular flexibility index (Phi) is 4.91. The van der Waals surface area contributed by atoms with E-state index in [4.69, 9.17) is 10.5 Å². The molecule has 0 spiro atoms. The van der Waals surface area contributed by atoms with E-state index in [1.165, 1.54) is 12.1 Å². The number of rotatable bonds is 4. The number of hydrogen-bond acceptors (Lipinski definition) is 3. The van der Waals surface area contributed by atoms with Crippen LogP contribution in [0.5, 0.6) is 0 Å². The summed E-state index contributed by atoms with van der Waals surface area (Å²) in [5, 5.41) is 14.4. The molecular weight excluding hydrogens is 315 g/mol. The number of nitrogens with one attached hydrogen (secondary N) is 1. The van der Waals surface area contributed by atoms with Crippen LogP contribution in [0.15, 0.2) is 64.8 Å². The van der Waals surface area contributed by atoms with Crippen molar-refractivity contribution in [1.82, 2.24) is 0 Å². The molecule has 0 heterocycles. The first-order valence-corrected chi connectivity index (χ1v) is 8.67. The molecule has 1 atom stereocenters. The van der Waals surface area contributed by atoms with Crippen molar-refractivity contribution in [2.75, 3.05) is 0 Å². The van der Waals surface area contributed by atoms with Crippen molar-refractivity contribution in [3.05, 3.63) is 71.0 Å². The van der Waals surface area contributed by atoms with Crippen molar-refractivity contribution in [1.29, 1.82) is 5.41 Å². The third-order valence-electron chi connectivity index (χ3n) is 3.18. The number of hydrogen-bond donors (Lipinski definition) is 2. The average Bonchev–Trinajstić information content (AvgIpc) is 2.47. The van der Waals surface area contributed by atoms with E-state index in [0.29, 0.717) is 5.71 Å². The summed E-state index contributed by atoms with van der Waals surface area (Å²) in [7, 11) is -1.12. The highest BCUT2D eigenvalue weighted by Gasteiger charge is 2.14. The fraction of sp³-hybridized carbons (Fsp3) is 0.0625. The lowest BCUT2D eigenvalue weighted by molar-refractivity contribution is 0.598. The average molecular weight is 332 g/mol. The zero-order valence-electron chi connectivity index (χ0n) is 12.1. The molecule has 2 aromatic rings. The number of nitrogens with two attached hydrogens (primary N) is 1. The normalized spacial score (nSPS) is 12.7. The second-order valence-electron chi connectivity index (χ2n) is 4.87. The van der Waals surface area contributed by atoms with Gasteiger partial charge in [0.1, 0.15) is 0 Å². The fourth-order valence-electron chi connectivity index (χ4n) is 2.13. The van der Waals surface area contributed by atoms with Crippen LogP contribution in [0.3, 0.4) is 0 Å². The third-order valence-corrected chi connectivity index (χ3v) is 4.40. The summed E-state index contributed by atoms with van der Waals surface area (Å²) in [6, 6.07) is 15.6. The Morgan fingerprint density at radius 2 is 1.55 bits per heavy atom. The zero-order chi connectivity index (χ0) is 16.3. The van der Waals surface area contributed by atoms with Crippen molar-refractivity contribution >= 4 is 30.5 Å². The summed E-state index contributed by atoms with van der Waals surface area (Å²) in [4.78, 5) is 0.0586. The van der Waals surface area contributed by atoms with Crippen LogP contribution in [-0.4, -0.2) is 14.1 Å². The minimum atomic E-state index is -3.71. The van der Waals surface area contributed by atoms with Gasteiger partial charge in [0.05, 0.1) is 10.6 Å². The topological polar surface area (TPSA) is 84.0 Å². The number of primary sulfonamides is 1. The van der Waals surface area contributed by atoms with Gasteiger partial charge in [-0.25, -0.2) is 13.6 Å². The van der Waals surface area contributed by atoms with Gasteiger partial charge in [-0.3, -0.25) is 5.41 Å². The molecule has 6 heteroatoms. The van der Waals surface area contributed by atoms with E-state index in [9.17, 15) is 8.42 Å². The summed E-state index contributed by atoms with van der Waals surface area (Å²) in [6.45, 7) is 1.89. The quantitative estimate of drug-likeness (QED) is 0.666. The van der Waals surface area contributed by atoms with Gasteiger partial charge in [-0.15, -0.1) is 9.24 Å². The first kappa shape index (κ1) is 16.6. The van der Waals surface area contributed by atoms with Crippen LogP contribution in [0, 0.1) is 5.41 Å². The second-order valence-corrected chi connectivity index (χ2v) is 7.30. The monoisotopic (exact) mass is 332 g/mol. The molecule has 0 fully saturated rings. The van der Waals surface area contributed by atoms with Crippen molar-refractivity contribution in [2.45, 2.75) is 11.8 Å². The lowest BCUT2D eigenvalue weighted by Gasteiger charge is -2.13. The molecular formula is C16H17N2O2PS. The maximum absolute atomic E-state index is 11.3. The van der Waals surface area contributed by atoms with Gasteiger partial charge in [0.15, 0.2) is 0 Å². The minimum absolute atomic E-state index is 0.0586. The Labute approximate surface area is 132 Å². The van der Waals surface area contributed by atoms with Gasteiger partial charge in [-0.05, 0) is 29.9 Å². The van der Waals surface area contributed by atoms with Gasteiger partial charge in [0, 0.05) is 11.1 Å². The van der Waals surface area contributed by atoms with Gasteiger partial charge in [0.2, 0.25) is 10.0 Å². The minimum Gasteiger partial charge on any atom is -0.300 e. The highest BCUT2D eigenvalue weighted by molar-refractivity contribution is 7.89. The van der Waals surface area contributed by atoms with Gasteiger partial charge < -0.3 is 0 Å². The molecule has 3 N–H and O–H groups in total. The summed E-state index contributed by atoms with van der Waals surface area (Å²) >= 11 is 0. The van der Waals surface area contributed by atoms with Gasteiger partial charge in [-0.1, -0.05) is 42.5 Å². The van der Waals surface area contributed by atoms with E-state index in [2.05, 4.69) is 9.24 Å². The molecule has 114 valence electrons. The van der Waals surface area contributed by atoms with E-state index in [-0.39, 0.29) is 4.90 Å². The van der Waals surface area contributed by atoms with E-state index in [0.717, 1.165) is 22.0 Å². The predicted molar refractivity (Wildman–Crippen MR) is 93.4 cm³/mol. The Balaban J connectivity index is 2.47. The number of allylic oxidation sites excluding steroid dienone is 2. The van der Waals surface area contributed by atoms with Crippen molar-refractivity contribution < 1.29 is 8.42 Å². The molecule has 0 saturated heterocycles. The molecule has 0 bridgehead atoms. The van der Waals surface area contributed by atoms with E-state index >= 15 is 0 Å². The fourth-order valence-corrected chi connectivity index (χ4v) is 2.96. The highest BCUT2D eigenvalue weighted by Crippen LogP contribution is 2.27. The zero-order valence-corrected chi connectivity index (χ0v) is 14.0. The maximum Gasteiger partial charge on any atom is 0.238 e. The molecule has 2 rings (SSSR count). The molecule has 0 radical (unpaired) electrons.